The number of hydrogen-bond acceptors (Lipinski definition) is 3. The number of aryl methyl sites for hydroxylation is 1. The van der Waals surface area contributed by atoms with E-state index in [2.05, 4.69) is 38.2 Å². The first-order valence-corrected chi connectivity index (χ1v) is 11.7. The summed E-state index contributed by atoms with van der Waals surface area (Å²) in [7, 11) is -3.58. The van der Waals surface area contributed by atoms with Crippen LogP contribution in [0.4, 0.5) is 5.69 Å². The number of rotatable bonds is 7. The topological polar surface area (TPSA) is 66.5 Å². The molecule has 0 aliphatic carbocycles. The Morgan fingerprint density at radius 2 is 1.59 bits per heavy atom. The summed E-state index contributed by atoms with van der Waals surface area (Å²) < 4.78 is 25.6. The molecule has 1 N–H and O–H groups in total. The van der Waals surface area contributed by atoms with Crippen LogP contribution in [0.15, 0.2) is 48.5 Å². The van der Waals surface area contributed by atoms with Gasteiger partial charge in [0.2, 0.25) is 15.9 Å². The first-order chi connectivity index (χ1) is 13.4. The van der Waals surface area contributed by atoms with Gasteiger partial charge in [0, 0.05) is 0 Å². The SMILES string of the molecule is CCc1ccc(N(CC(=O)N[C@@H](C)c2ccc(C(C)(C)C)cc2)S(C)(=O)=O)cc1. The van der Waals surface area contributed by atoms with Crippen LogP contribution < -0.4 is 9.62 Å². The van der Waals surface area contributed by atoms with Gasteiger partial charge in [0.05, 0.1) is 18.0 Å². The fourth-order valence-corrected chi connectivity index (χ4v) is 3.93. The van der Waals surface area contributed by atoms with Crippen LogP contribution in [0.25, 0.3) is 0 Å². The molecular weight excluding hydrogens is 384 g/mol. The zero-order chi connectivity index (χ0) is 21.8. The van der Waals surface area contributed by atoms with E-state index in [4.69, 9.17) is 0 Å². The van der Waals surface area contributed by atoms with Crippen molar-refractivity contribution in [2.24, 2.45) is 0 Å². The summed E-state index contributed by atoms with van der Waals surface area (Å²) in [6, 6.07) is 15.2. The largest absolute Gasteiger partial charge is 0.348 e. The van der Waals surface area contributed by atoms with Crippen molar-refractivity contribution >= 4 is 21.6 Å². The van der Waals surface area contributed by atoms with E-state index in [9.17, 15) is 13.2 Å². The third-order valence-corrected chi connectivity index (χ3v) is 6.11. The van der Waals surface area contributed by atoms with Crippen molar-refractivity contribution in [3.05, 3.63) is 65.2 Å². The molecule has 2 aromatic rings. The average Bonchev–Trinajstić information content (AvgIpc) is 2.64. The third-order valence-electron chi connectivity index (χ3n) is 4.97. The molecule has 0 fully saturated rings. The Kier molecular flexibility index (Phi) is 7.11. The molecule has 0 saturated heterocycles. The number of hydrogen-bond donors (Lipinski definition) is 1. The number of carbonyl (C=O) groups is 1. The monoisotopic (exact) mass is 416 g/mol. The lowest BCUT2D eigenvalue weighted by molar-refractivity contribution is -0.120. The number of amides is 1. The second-order valence-electron chi connectivity index (χ2n) is 8.45. The van der Waals surface area contributed by atoms with Crippen molar-refractivity contribution in [3.8, 4) is 0 Å². The van der Waals surface area contributed by atoms with E-state index in [1.165, 1.54) is 5.56 Å². The Labute approximate surface area is 175 Å². The number of nitrogens with one attached hydrogen (secondary N) is 1. The van der Waals surface area contributed by atoms with Gasteiger partial charge in [0.25, 0.3) is 0 Å². The highest BCUT2D eigenvalue weighted by molar-refractivity contribution is 7.92. The number of benzene rings is 2. The first kappa shape index (κ1) is 22.9. The van der Waals surface area contributed by atoms with Crippen LogP contribution in [0.2, 0.25) is 0 Å². The predicted octanol–water partition coefficient (Wildman–Crippen LogP) is 4.19. The van der Waals surface area contributed by atoms with Crippen LogP contribution in [0.1, 0.15) is 57.4 Å². The van der Waals surface area contributed by atoms with Gasteiger partial charge in [0.15, 0.2) is 0 Å². The van der Waals surface area contributed by atoms with E-state index in [0.717, 1.165) is 28.1 Å². The molecule has 6 heteroatoms. The Balaban J connectivity index is 2.11. The molecule has 0 aliphatic rings. The lowest BCUT2D eigenvalue weighted by Gasteiger charge is -2.24. The highest BCUT2D eigenvalue weighted by atomic mass is 32.2. The van der Waals surface area contributed by atoms with E-state index in [1.54, 1.807) is 12.1 Å². The maximum Gasteiger partial charge on any atom is 0.241 e. The van der Waals surface area contributed by atoms with Gasteiger partial charge in [-0.15, -0.1) is 0 Å². The summed E-state index contributed by atoms with van der Waals surface area (Å²) in [6.07, 6.45) is 1.98. The molecule has 1 atom stereocenters. The van der Waals surface area contributed by atoms with Crippen LogP contribution in [0.3, 0.4) is 0 Å². The van der Waals surface area contributed by atoms with Crippen molar-refractivity contribution < 1.29 is 13.2 Å². The normalized spacial score (nSPS) is 13.0. The molecule has 29 heavy (non-hydrogen) atoms. The van der Waals surface area contributed by atoms with Crippen molar-refractivity contribution in [2.45, 2.75) is 52.5 Å². The molecule has 0 radical (unpaired) electrons. The quantitative estimate of drug-likeness (QED) is 0.736. The molecule has 0 saturated carbocycles. The third kappa shape index (κ3) is 6.32. The maximum atomic E-state index is 12.6. The number of sulfonamides is 1. The first-order valence-electron chi connectivity index (χ1n) is 9.88. The van der Waals surface area contributed by atoms with Crippen molar-refractivity contribution in [1.82, 2.24) is 5.32 Å². The zero-order valence-electron chi connectivity index (χ0n) is 18.2. The number of carbonyl (C=O) groups excluding carboxylic acids is 1. The molecule has 0 aromatic heterocycles. The highest BCUT2D eigenvalue weighted by Crippen LogP contribution is 2.24. The molecule has 2 rings (SSSR count). The Bertz CT molecular complexity index is 928. The molecule has 158 valence electrons. The minimum absolute atomic E-state index is 0.0638. The van der Waals surface area contributed by atoms with Crippen molar-refractivity contribution in [3.63, 3.8) is 0 Å². The van der Waals surface area contributed by atoms with Gasteiger partial charge in [-0.05, 0) is 47.6 Å². The fraction of sp³-hybridized carbons (Fsp3) is 0.435. The minimum atomic E-state index is -3.58. The standard InChI is InChI=1S/C23H32N2O3S/c1-7-18-8-14-21(15-9-18)25(29(6,27)28)16-22(26)24-17(2)19-10-12-20(13-11-19)23(3,4)5/h8-15,17H,7,16H2,1-6H3,(H,24,26)/t17-/m0/s1. The van der Waals surface area contributed by atoms with Crippen LogP contribution in [0, 0.1) is 0 Å². The summed E-state index contributed by atoms with van der Waals surface area (Å²) in [5.41, 5.74) is 3.86. The van der Waals surface area contributed by atoms with Gasteiger partial charge in [-0.2, -0.15) is 0 Å². The predicted molar refractivity (Wildman–Crippen MR) is 120 cm³/mol. The second kappa shape index (κ2) is 8.99. The van der Waals surface area contributed by atoms with Crippen LogP contribution >= 0.6 is 0 Å². The minimum Gasteiger partial charge on any atom is -0.348 e. The van der Waals surface area contributed by atoms with Gasteiger partial charge < -0.3 is 5.32 Å². The van der Waals surface area contributed by atoms with Gasteiger partial charge in [-0.1, -0.05) is 64.1 Å². The lowest BCUT2D eigenvalue weighted by atomic mass is 9.86. The summed E-state index contributed by atoms with van der Waals surface area (Å²) in [6.45, 7) is 10.1. The van der Waals surface area contributed by atoms with Crippen molar-refractivity contribution in [2.75, 3.05) is 17.1 Å². The molecule has 0 aliphatic heterocycles. The van der Waals surface area contributed by atoms with Gasteiger partial charge in [-0.3, -0.25) is 9.10 Å². The van der Waals surface area contributed by atoms with E-state index < -0.39 is 10.0 Å². The van der Waals surface area contributed by atoms with E-state index >= 15 is 0 Å². The maximum absolute atomic E-state index is 12.6. The fourth-order valence-electron chi connectivity index (χ4n) is 3.07. The van der Waals surface area contributed by atoms with Gasteiger partial charge in [0.1, 0.15) is 6.54 Å². The molecule has 0 heterocycles. The Morgan fingerprint density at radius 1 is 1.03 bits per heavy atom. The molecule has 5 nitrogen and oxygen atoms in total. The Hall–Kier alpha value is -2.34. The Morgan fingerprint density at radius 3 is 2.03 bits per heavy atom. The highest BCUT2D eigenvalue weighted by Gasteiger charge is 2.22. The average molecular weight is 417 g/mol. The van der Waals surface area contributed by atoms with Gasteiger partial charge >= 0.3 is 0 Å². The molecule has 0 spiro atoms. The number of nitrogens with zero attached hydrogens (tertiary/aromatic N) is 1. The summed E-state index contributed by atoms with van der Waals surface area (Å²) in [4.78, 5) is 12.6. The van der Waals surface area contributed by atoms with E-state index in [0.29, 0.717) is 5.69 Å². The van der Waals surface area contributed by atoms with Crippen LogP contribution in [-0.2, 0) is 26.7 Å². The molecule has 2 aromatic carbocycles. The van der Waals surface area contributed by atoms with Crippen LogP contribution in [-0.4, -0.2) is 27.1 Å². The molecular formula is C23H32N2O3S. The summed E-state index contributed by atoms with van der Waals surface area (Å²) >= 11 is 0. The molecule has 1 amide bonds. The summed E-state index contributed by atoms with van der Waals surface area (Å²) in [5.74, 6) is -0.345. The summed E-state index contributed by atoms with van der Waals surface area (Å²) in [5, 5.41) is 2.90. The zero-order valence-corrected chi connectivity index (χ0v) is 19.0. The van der Waals surface area contributed by atoms with Crippen molar-refractivity contribution in [1.29, 1.82) is 0 Å². The number of anilines is 1. The second-order valence-corrected chi connectivity index (χ2v) is 10.4. The molecule has 0 bridgehead atoms. The van der Waals surface area contributed by atoms with Crippen LogP contribution in [0.5, 0.6) is 0 Å². The lowest BCUT2D eigenvalue weighted by Crippen LogP contribution is -2.41. The smallest absolute Gasteiger partial charge is 0.241 e. The molecule has 0 unspecified atom stereocenters. The van der Waals surface area contributed by atoms with E-state index in [1.807, 2.05) is 38.1 Å². The van der Waals surface area contributed by atoms with E-state index in [-0.39, 0.29) is 23.9 Å². The van der Waals surface area contributed by atoms with Gasteiger partial charge in [-0.25, -0.2) is 8.42 Å².